The zero-order valence-electron chi connectivity index (χ0n) is 10.8. The van der Waals surface area contributed by atoms with Crippen LogP contribution in [0.4, 0.5) is 0 Å². The number of hydrogen-bond donors (Lipinski definition) is 1. The molecule has 1 aliphatic carbocycles. The lowest BCUT2D eigenvalue weighted by Crippen LogP contribution is -2.13. The van der Waals surface area contributed by atoms with Crippen LogP contribution in [0.15, 0.2) is 52.5 Å². The van der Waals surface area contributed by atoms with E-state index in [1.165, 1.54) is 0 Å². The third-order valence-electron chi connectivity index (χ3n) is 3.48. The van der Waals surface area contributed by atoms with Crippen molar-refractivity contribution in [3.8, 4) is 5.75 Å². The Kier molecular flexibility index (Phi) is 3.45. The second-order valence-corrected chi connectivity index (χ2v) is 5.81. The second-order valence-electron chi connectivity index (χ2n) is 4.90. The smallest absolute Gasteiger partial charge is 0.189 e. The summed E-state index contributed by atoms with van der Waals surface area (Å²) in [6.45, 7) is 0. The number of Topliss-reactive ketones (excluding diaryl/α,β-unsaturated/α-hetero) is 1. The highest BCUT2D eigenvalue weighted by Crippen LogP contribution is 2.29. The number of carbonyl (C=O) groups is 1. The molecule has 0 aliphatic heterocycles. The molecule has 0 fully saturated rings. The van der Waals surface area contributed by atoms with Gasteiger partial charge in [-0.05, 0) is 54.3 Å². The summed E-state index contributed by atoms with van der Waals surface area (Å²) in [4.78, 5) is 12.5. The summed E-state index contributed by atoms with van der Waals surface area (Å²) in [5.41, 5.74) is 3.43. The number of rotatable bonds is 1. The maximum atomic E-state index is 12.5. The monoisotopic (exact) mass is 328 g/mol. The van der Waals surface area contributed by atoms with Crippen LogP contribution in [0, 0.1) is 0 Å². The molecule has 3 heteroatoms. The molecule has 20 heavy (non-hydrogen) atoms. The average molecular weight is 329 g/mol. The van der Waals surface area contributed by atoms with Gasteiger partial charge in [-0.2, -0.15) is 0 Å². The third-order valence-corrected chi connectivity index (χ3v) is 3.98. The Morgan fingerprint density at radius 2 is 1.95 bits per heavy atom. The zero-order valence-corrected chi connectivity index (χ0v) is 12.4. The van der Waals surface area contributed by atoms with Gasteiger partial charge in [0.2, 0.25) is 0 Å². The van der Waals surface area contributed by atoms with Gasteiger partial charge >= 0.3 is 0 Å². The number of ketones is 1. The second kappa shape index (κ2) is 5.25. The van der Waals surface area contributed by atoms with E-state index in [0.29, 0.717) is 5.56 Å². The molecule has 2 aromatic carbocycles. The van der Waals surface area contributed by atoms with Crippen molar-refractivity contribution in [1.29, 1.82) is 0 Å². The predicted molar refractivity (Wildman–Crippen MR) is 82.9 cm³/mol. The van der Waals surface area contributed by atoms with E-state index in [0.717, 1.165) is 34.0 Å². The van der Waals surface area contributed by atoms with Crippen LogP contribution in [-0.4, -0.2) is 10.9 Å². The fourth-order valence-electron chi connectivity index (χ4n) is 2.48. The van der Waals surface area contributed by atoms with Crippen LogP contribution >= 0.6 is 15.9 Å². The van der Waals surface area contributed by atoms with Gasteiger partial charge in [0.05, 0.1) is 0 Å². The number of phenolic OH excluding ortho intramolecular Hbond substituents is 1. The van der Waals surface area contributed by atoms with Gasteiger partial charge in [-0.3, -0.25) is 4.79 Å². The number of phenols is 1. The van der Waals surface area contributed by atoms with E-state index in [1.807, 2.05) is 36.4 Å². The molecule has 0 radical (unpaired) electrons. The number of halogens is 1. The quantitative estimate of drug-likeness (QED) is 0.789. The molecule has 0 saturated carbocycles. The predicted octanol–water partition coefficient (Wildman–Crippen LogP) is 4.37. The van der Waals surface area contributed by atoms with E-state index in [4.69, 9.17) is 0 Å². The molecule has 0 saturated heterocycles. The number of aromatic hydroxyl groups is 1. The number of aryl methyl sites for hydroxylation is 1. The Labute approximate surface area is 125 Å². The molecule has 0 spiro atoms. The molecular weight excluding hydrogens is 316 g/mol. The summed E-state index contributed by atoms with van der Waals surface area (Å²) < 4.78 is 0.994. The topological polar surface area (TPSA) is 37.3 Å². The van der Waals surface area contributed by atoms with E-state index >= 15 is 0 Å². The fourth-order valence-corrected chi connectivity index (χ4v) is 2.90. The summed E-state index contributed by atoms with van der Waals surface area (Å²) >= 11 is 3.43. The van der Waals surface area contributed by atoms with Gasteiger partial charge < -0.3 is 5.11 Å². The molecule has 0 atom stereocenters. The Balaban J connectivity index is 2.00. The van der Waals surface area contributed by atoms with Crippen LogP contribution < -0.4 is 0 Å². The van der Waals surface area contributed by atoms with Crippen molar-refractivity contribution in [3.63, 3.8) is 0 Å². The largest absolute Gasteiger partial charge is 0.508 e. The highest BCUT2D eigenvalue weighted by atomic mass is 79.9. The number of allylic oxidation sites excluding steroid dienone is 1. The zero-order chi connectivity index (χ0) is 14.1. The first kappa shape index (κ1) is 13.1. The van der Waals surface area contributed by atoms with Crippen molar-refractivity contribution in [2.24, 2.45) is 0 Å². The molecule has 0 unspecified atom stereocenters. The molecule has 1 N–H and O–H groups in total. The first-order valence-electron chi connectivity index (χ1n) is 6.46. The number of benzene rings is 2. The normalized spacial score (nSPS) is 16.2. The van der Waals surface area contributed by atoms with Crippen molar-refractivity contribution in [3.05, 3.63) is 69.2 Å². The van der Waals surface area contributed by atoms with Crippen molar-refractivity contribution < 1.29 is 9.90 Å². The molecule has 3 rings (SSSR count). The van der Waals surface area contributed by atoms with Gasteiger partial charge in [0.1, 0.15) is 5.75 Å². The molecule has 0 heterocycles. The maximum Gasteiger partial charge on any atom is 0.189 e. The van der Waals surface area contributed by atoms with Crippen LogP contribution in [0.5, 0.6) is 5.75 Å². The van der Waals surface area contributed by atoms with E-state index in [1.54, 1.807) is 12.1 Å². The van der Waals surface area contributed by atoms with Gasteiger partial charge in [0.25, 0.3) is 0 Å². The Bertz CT molecular complexity index is 717. The van der Waals surface area contributed by atoms with Crippen molar-refractivity contribution >= 4 is 27.8 Å². The number of carbonyl (C=O) groups excluding carboxylic acids is 1. The maximum absolute atomic E-state index is 12.5. The first-order chi connectivity index (χ1) is 9.63. The first-order valence-corrected chi connectivity index (χ1v) is 7.25. The van der Waals surface area contributed by atoms with E-state index in [2.05, 4.69) is 15.9 Å². The molecule has 0 amide bonds. The van der Waals surface area contributed by atoms with Crippen LogP contribution in [0.25, 0.3) is 6.08 Å². The number of hydrogen-bond acceptors (Lipinski definition) is 2. The lowest BCUT2D eigenvalue weighted by atomic mass is 9.86. The van der Waals surface area contributed by atoms with E-state index in [-0.39, 0.29) is 11.5 Å². The Hall–Kier alpha value is -1.87. The van der Waals surface area contributed by atoms with Gasteiger partial charge in [-0.15, -0.1) is 0 Å². The molecular formula is C17H13BrO2. The lowest BCUT2D eigenvalue weighted by molar-refractivity contribution is 0.102. The van der Waals surface area contributed by atoms with Crippen LogP contribution in [0.3, 0.4) is 0 Å². The number of fused-ring (bicyclic) bond motifs is 1. The van der Waals surface area contributed by atoms with E-state index in [9.17, 15) is 9.90 Å². The summed E-state index contributed by atoms with van der Waals surface area (Å²) in [6, 6.07) is 12.9. The summed E-state index contributed by atoms with van der Waals surface area (Å²) in [5, 5.41) is 9.54. The minimum atomic E-state index is 0.0159. The third kappa shape index (κ3) is 2.54. The molecule has 2 aromatic rings. The SMILES string of the molecule is O=C1/C(=C/c2cccc(Br)c2)CCc2ccc(O)cc21. The lowest BCUT2D eigenvalue weighted by Gasteiger charge is -2.17. The van der Waals surface area contributed by atoms with Crippen molar-refractivity contribution in [1.82, 2.24) is 0 Å². The van der Waals surface area contributed by atoms with Gasteiger partial charge in [-0.1, -0.05) is 34.1 Å². The van der Waals surface area contributed by atoms with E-state index < -0.39 is 0 Å². The molecule has 0 aromatic heterocycles. The average Bonchev–Trinajstić information content (AvgIpc) is 2.43. The molecule has 1 aliphatic rings. The van der Waals surface area contributed by atoms with Gasteiger partial charge in [0.15, 0.2) is 5.78 Å². The Morgan fingerprint density at radius 3 is 2.75 bits per heavy atom. The minimum absolute atomic E-state index is 0.0159. The standard InChI is InChI=1S/C17H13BrO2/c18-14-3-1-2-11(9-14)8-13-5-4-12-6-7-15(19)10-16(12)17(13)20/h1-3,6-10,19H,4-5H2/b13-8+. The summed E-state index contributed by atoms with van der Waals surface area (Å²) in [5.74, 6) is 0.155. The highest BCUT2D eigenvalue weighted by Gasteiger charge is 2.22. The van der Waals surface area contributed by atoms with Crippen LogP contribution in [0.2, 0.25) is 0 Å². The molecule has 0 bridgehead atoms. The van der Waals surface area contributed by atoms with Crippen LogP contribution in [0.1, 0.15) is 27.9 Å². The van der Waals surface area contributed by atoms with Crippen molar-refractivity contribution in [2.45, 2.75) is 12.8 Å². The Morgan fingerprint density at radius 1 is 1.10 bits per heavy atom. The molecule has 100 valence electrons. The van der Waals surface area contributed by atoms with Gasteiger partial charge in [-0.25, -0.2) is 0 Å². The minimum Gasteiger partial charge on any atom is -0.508 e. The highest BCUT2D eigenvalue weighted by molar-refractivity contribution is 9.10. The fraction of sp³-hybridized carbons (Fsp3) is 0.118. The van der Waals surface area contributed by atoms with Gasteiger partial charge in [0, 0.05) is 15.6 Å². The summed E-state index contributed by atoms with van der Waals surface area (Å²) in [6.07, 6.45) is 3.50. The molecule has 2 nitrogen and oxygen atoms in total. The van der Waals surface area contributed by atoms with Crippen molar-refractivity contribution in [2.75, 3.05) is 0 Å². The summed E-state index contributed by atoms with van der Waals surface area (Å²) in [7, 11) is 0. The van der Waals surface area contributed by atoms with Crippen LogP contribution in [-0.2, 0) is 6.42 Å².